The van der Waals surface area contributed by atoms with E-state index in [9.17, 15) is 0 Å². The average molecular weight is 231 g/mol. The average Bonchev–Trinajstić information content (AvgIpc) is 2.73. The molecule has 0 saturated carbocycles. The third-order valence-electron chi connectivity index (χ3n) is 3.10. The molecule has 1 heterocycles. The molecule has 1 aromatic carbocycles. The Balaban J connectivity index is 2.06. The standard InChI is InChI=1S/C13H11ClN2/c14-13-15-8-10-6-7-11(12(10)16-13)9-4-2-1-3-5-9/h1-5,8,11H,6-7H2. The van der Waals surface area contributed by atoms with Crippen LogP contribution in [0.25, 0.3) is 0 Å². The van der Waals surface area contributed by atoms with E-state index < -0.39 is 0 Å². The van der Waals surface area contributed by atoms with E-state index in [1.54, 1.807) is 0 Å². The lowest BCUT2D eigenvalue weighted by Gasteiger charge is -2.10. The summed E-state index contributed by atoms with van der Waals surface area (Å²) in [6, 6.07) is 10.5. The van der Waals surface area contributed by atoms with Crippen LogP contribution in [0.1, 0.15) is 29.2 Å². The van der Waals surface area contributed by atoms with Gasteiger partial charge >= 0.3 is 0 Å². The van der Waals surface area contributed by atoms with Gasteiger partial charge in [-0.25, -0.2) is 9.97 Å². The molecule has 2 aromatic rings. The second-order valence-electron chi connectivity index (χ2n) is 4.05. The van der Waals surface area contributed by atoms with Gasteiger partial charge in [0.25, 0.3) is 0 Å². The molecular weight excluding hydrogens is 220 g/mol. The Kier molecular flexibility index (Phi) is 2.37. The van der Waals surface area contributed by atoms with Crippen LogP contribution >= 0.6 is 11.6 Å². The first kappa shape index (κ1) is 9.79. The molecule has 80 valence electrons. The number of halogens is 1. The predicted octanol–water partition coefficient (Wildman–Crippen LogP) is 3.21. The number of rotatable bonds is 1. The van der Waals surface area contributed by atoms with E-state index in [0.717, 1.165) is 18.5 Å². The number of fused-ring (bicyclic) bond motifs is 1. The molecule has 2 nitrogen and oxygen atoms in total. The lowest BCUT2D eigenvalue weighted by Crippen LogP contribution is -1.99. The van der Waals surface area contributed by atoms with Crippen molar-refractivity contribution in [2.45, 2.75) is 18.8 Å². The molecule has 1 unspecified atom stereocenters. The molecule has 1 aromatic heterocycles. The number of aryl methyl sites for hydroxylation is 1. The third kappa shape index (κ3) is 1.59. The largest absolute Gasteiger partial charge is 0.226 e. The molecule has 0 radical (unpaired) electrons. The van der Waals surface area contributed by atoms with Crippen LogP contribution in [0, 0.1) is 0 Å². The van der Waals surface area contributed by atoms with E-state index in [-0.39, 0.29) is 0 Å². The number of aromatic nitrogens is 2. The highest BCUT2D eigenvalue weighted by Crippen LogP contribution is 2.36. The molecule has 3 rings (SSSR count). The summed E-state index contributed by atoms with van der Waals surface area (Å²) < 4.78 is 0. The Labute approximate surface area is 99.3 Å². The van der Waals surface area contributed by atoms with Gasteiger partial charge < -0.3 is 0 Å². The zero-order valence-electron chi connectivity index (χ0n) is 8.73. The highest BCUT2D eigenvalue weighted by atomic mass is 35.5. The second-order valence-corrected chi connectivity index (χ2v) is 4.39. The van der Waals surface area contributed by atoms with Gasteiger partial charge in [-0.15, -0.1) is 0 Å². The number of hydrogen-bond donors (Lipinski definition) is 0. The number of hydrogen-bond acceptors (Lipinski definition) is 2. The van der Waals surface area contributed by atoms with Gasteiger partial charge in [-0.3, -0.25) is 0 Å². The van der Waals surface area contributed by atoms with Crippen molar-refractivity contribution in [2.75, 3.05) is 0 Å². The van der Waals surface area contributed by atoms with Crippen molar-refractivity contribution in [3.63, 3.8) is 0 Å². The van der Waals surface area contributed by atoms with Gasteiger partial charge in [-0.05, 0) is 35.6 Å². The molecule has 0 saturated heterocycles. The molecule has 1 aliphatic carbocycles. The van der Waals surface area contributed by atoms with E-state index in [1.807, 2.05) is 12.3 Å². The predicted molar refractivity (Wildman–Crippen MR) is 63.6 cm³/mol. The highest BCUT2D eigenvalue weighted by molar-refractivity contribution is 6.28. The van der Waals surface area contributed by atoms with Crippen LogP contribution in [0.5, 0.6) is 0 Å². The minimum atomic E-state index is 0.349. The SMILES string of the molecule is Clc1ncc2c(n1)C(c1ccccc1)CC2. The van der Waals surface area contributed by atoms with Gasteiger partial charge in [0.1, 0.15) is 0 Å². The van der Waals surface area contributed by atoms with Crippen LogP contribution in [0.3, 0.4) is 0 Å². The quantitative estimate of drug-likeness (QED) is 0.703. The molecule has 0 fully saturated rings. The first-order valence-corrected chi connectivity index (χ1v) is 5.78. The van der Waals surface area contributed by atoms with Crippen molar-refractivity contribution in [1.82, 2.24) is 9.97 Å². The topological polar surface area (TPSA) is 25.8 Å². The van der Waals surface area contributed by atoms with Crippen LogP contribution in [0.2, 0.25) is 5.28 Å². The van der Waals surface area contributed by atoms with E-state index in [4.69, 9.17) is 11.6 Å². The molecule has 1 atom stereocenters. The Morgan fingerprint density at radius 3 is 2.81 bits per heavy atom. The highest BCUT2D eigenvalue weighted by Gasteiger charge is 2.25. The maximum atomic E-state index is 5.85. The normalized spacial score (nSPS) is 18.4. The monoisotopic (exact) mass is 230 g/mol. The fraction of sp³-hybridized carbons (Fsp3) is 0.231. The fourth-order valence-electron chi connectivity index (χ4n) is 2.34. The van der Waals surface area contributed by atoms with E-state index in [0.29, 0.717) is 11.2 Å². The van der Waals surface area contributed by atoms with E-state index in [1.165, 1.54) is 11.1 Å². The van der Waals surface area contributed by atoms with Crippen molar-refractivity contribution in [2.24, 2.45) is 0 Å². The minimum Gasteiger partial charge on any atom is -0.226 e. The van der Waals surface area contributed by atoms with Gasteiger partial charge in [0.05, 0.1) is 5.69 Å². The molecule has 0 aliphatic heterocycles. The zero-order valence-corrected chi connectivity index (χ0v) is 9.48. The smallest absolute Gasteiger partial charge is 0.222 e. The van der Waals surface area contributed by atoms with Gasteiger partial charge in [0.15, 0.2) is 0 Å². The van der Waals surface area contributed by atoms with Gasteiger partial charge in [-0.2, -0.15) is 0 Å². The lowest BCUT2D eigenvalue weighted by molar-refractivity contribution is 0.771. The van der Waals surface area contributed by atoms with Crippen molar-refractivity contribution in [1.29, 1.82) is 0 Å². The Hall–Kier alpha value is -1.41. The van der Waals surface area contributed by atoms with Crippen molar-refractivity contribution in [3.8, 4) is 0 Å². The number of benzene rings is 1. The maximum absolute atomic E-state index is 5.85. The third-order valence-corrected chi connectivity index (χ3v) is 3.29. The molecule has 0 N–H and O–H groups in total. The van der Waals surface area contributed by atoms with Crippen molar-refractivity contribution < 1.29 is 0 Å². The zero-order chi connectivity index (χ0) is 11.0. The maximum Gasteiger partial charge on any atom is 0.222 e. The molecule has 3 heteroatoms. The summed E-state index contributed by atoms with van der Waals surface area (Å²) in [4.78, 5) is 8.40. The Bertz CT molecular complexity index is 511. The van der Waals surface area contributed by atoms with Crippen LogP contribution in [-0.4, -0.2) is 9.97 Å². The molecule has 0 bridgehead atoms. The molecule has 0 amide bonds. The van der Waals surface area contributed by atoms with Gasteiger partial charge in [-0.1, -0.05) is 30.3 Å². The van der Waals surface area contributed by atoms with Crippen LogP contribution in [0.4, 0.5) is 0 Å². The summed E-state index contributed by atoms with van der Waals surface area (Å²) in [5.41, 5.74) is 3.65. The second kappa shape index (κ2) is 3.87. The molecular formula is C13H11ClN2. The van der Waals surface area contributed by atoms with Crippen molar-refractivity contribution >= 4 is 11.6 Å². The Morgan fingerprint density at radius 2 is 2.00 bits per heavy atom. The first-order valence-electron chi connectivity index (χ1n) is 5.41. The first-order chi connectivity index (χ1) is 7.84. The minimum absolute atomic E-state index is 0.349. The fourth-order valence-corrected chi connectivity index (χ4v) is 2.48. The van der Waals surface area contributed by atoms with Gasteiger partial charge in [0.2, 0.25) is 5.28 Å². The van der Waals surface area contributed by atoms with Crippen LogP contribution in [0.15, 0.2) is 36.5 Å². The van der Waals surface area contributed by atoms with Crippen LogP contribution in [-0.2, 0) is 6.42 Å². The summed E-state index contributed by atoms with van der Waals surface area (Å²) in [6.07, 6.45) is 4.01. The molecule has 1 aliphatic rings. The van der Waals surface area contributed by atoms with E-state index in [2.05, 4.69) is 34.2 Å². The Morgan fingerprint density at radius 1 is 1.19 bits per heavy atom. The molecule has 0 spiro atoms. The summed E-state index contributed by atoms with van der Waals surface area (Å²) in [6.45, 7) is 0. The van der Waals surface area contributed by atoms with Crippen molar-refractivity contribution in [3.05, 3.63) is 58.6 Å². The molecule has 16 heavy (non-hydrogen) atoms. The van der Waals surface area contributed by atoms with Crippen LogP contribution < -0.4 is 0 Å². The summed E-state index contributed by atoms with van der Waals surface area (Å²) in [5.74, 6) is 0.386. The number of nitrogens with zero attached hydrogens (tertiary/aromatic N) is 2. The van der Waals surface area contributed by atoms with E-state index >= 15 is 0 Å². The summed E-state index contributed by atoms with van der Waals surface area (Å²) in [7, 11) is 0. The van der Waals surface area contributed by atoms with Gasteiger partial charge in [0, 0.05) is 12.1 Å². The summed E-state index contributed by atoms with van der Waals surface area (Å²) in [5, 5.41) is 0.349. The summed E-state index contributed by atoms with van der Waals surface area (Å²) >= 11 is 5.85. The lowest BCUT2D eigenvalue weighted by atomic mass is 9.97.